The average molecular weight is 269 g/mol. The molecule has 0 aromatic heterocycles. The van der Waals surface area contributed by atoms with E-state index in [4.69, 9.17) is 10.5 Å². The zero-order valence-electron chi connectivity index (χ0n) is 12.3. The summed E-state index contributed by atoms with van der Waals surface area (Å²) >= 11 is 0. The smallest absolute Gasteiger partial charge is 0.124 e. The van der Waals surface area contributed by atoms with Gasteiger partial charge in [0.05, 0.1) is 6.04 Å². The second-order valence-electron chi connectivity index (χ2n) is 4.38. The van der Waals surface area contributed by atoms with E-state index in [1.165, 1.54) is 0 Å². The molecule has 106 valence electrons. The normalized spacial score (nSPS) is 21.1. The molecule has 2 rings (SSSR count). The summed E-state index contributed by atoms with van der Waals surface area (Å²) < 4.78 is 5.78. The third kappa shape index (κ3) is 3.72. The Morgan fingerprint density at radius 3 is 2.50 bits per heavy atom. The average Bonchev–Trinajstić information content (AvgIpc) is 2.59. The molecule has 20 heavy (non-hydrogen) atoms. The number of para-hydroxylation sites is 1. The molecule has 2 nitrogen and oxygen atoms in total. The fraction of sp³-hybridized carbons (Fsp3) is 0.222. The van der Waals surface area contributed by atoms with Crippen molar-refractivity contribution in [2.75, 3.05) is 6.61 Å². The molecule has 1 aliphatic rings. The maximum Gasteiger partial charge on any atom is 0.124 e. The van der Waals surface area contributed by atoms with E-state index in [1.807, 2.05) is 50.3 Å². The summed E-state index contributed by atoms with van der Waals surface area (Å²) in [5.41, 5.74) is 9.53. The van der Waals surface area contributed by atoms with Crippen molar-refractivity contribution in [3.05, 3.63) is 78.4 Å². The van der Waals surface area contributed by atoms with E-state index in [0.717, 1.165) is 22.5 Å². The van der Waals surface area contributed by atoms with Crippen LogP contribution in [0.4, 0.5) is 0 Å². The van der Waals surface area contributed by atoms with Gasteiger partial charge in [-0.1, -0.05) is 49.1 Å². The summed E-state index contributed by atoms with van der Waals surface area (Å²) in [6.07, 6.45) is 7.53. The van der Waals surface area contributed by atoms with Crippen LogP contribution >= 0.6 is 0 Å². The highest BCUT2D eigenvalue weighted by atomic mass is 16.5. The maximum atomic E-state index is 6.31. The van der Waals surface area contributed by atoms with Crippen LogP contribution in [0.2, 0.25) is 0 Å². The first-order valence-corrected chi connectivity index (χ1v) is 6.72. The van der Waals surface area contributed by atoms with Gasteiger partial charge in [0.2, 0.25) is 0 Å². The molecule has 1 aliphatic heterocycles. The van der Waals surface area contributed by atoms with Crippen LogP contribution in [0, 0.1) is 0 Å². The molecular formula is C18H23NO. The van der Waals surface area contributed by atoms with Gasteiger partial charge in [0, 0.05) is 5.56 Å². The predicted octanol–water partition coefficient (Wildman–Crippen LogP) is 4.33. The molecule has 0 bridgehead atoms. The lowest BCUT2D eigenvalue weighted by molar-refractivity contribution is 0.356. The molecule has 1 unspecified atom stereocenters. The van der Waals surface area contributed by atoms with Gasteiger partial charge in [0.25, 0.3) is 0 Å². The van der Waals surface area contributed by atoms with Gasteiger partial charge in [0.1, 0.15) is 12.4 Å². The first-order valence-electron chi connectivity index (χ1n) is 6.72. The standard InChI is InChI=1S/C15H17NO.C3H6/c1-3-7-12-11(4-2)10-17-14-9-6-5-8-13(14)15(12)16;1-3-2/h3-9,15H,1,10,16H2,2H3;3H,1H2,2H3/b11-4-,12-7+;. The van der Waals surface area contributed by atoms with Gasteiger partial charge in [-0.2, -0.15) is 0 Å². The van der Waals surface area contributed by atoms with Gasteiger partial charge in [-0.15, -0.1) is 6.58 Å². The summed E-state index contributed by atoms with van der Waals surface area (Å²) in [6, 6.07) is 7.75. The highest BCUT2D eigenvalue weighted by Gasteiger charge is 2.22. The van der Waals surface area contributed by atoms with Gasteiger partial charge < -0.3 is 10.5 Å². The third-order valence-electron chi connectivity index (χ3n) is 2.99. The number of allylic oxidation sites excluding steroid dienone is 4. The van der Waals surface area contributed by atoms with E-state index in [0.29, 0.717) is 6.61 Å². The quantitative estimate of drug-likeness (QED) is 0.770. The van der Waals surface area contributed by atoms with E-state index in [1.54, 1.807) is 12.2 Å². The van der Waals surface area contributed by atoms with Gasteiger partial charge >= 0.3 is 0 Å². The van der Waals surface area contributed by atoms with Crippen molar-refractivity contribution in [1.82, 2.24) is 0 Å². The van der Waals surface area contributed by atoms with Crippen LogP contribution in [-0.2, 0) is 0 Å². The number of ether oxygens (including phenoxy) is 1. The van der Waals surface area contributed by atoms with Crippen LogP contribution in [0.3, 0.4) is 0 Å². The number of rotatable bonds is 1. The highest BCUT2D eigenvalue weighted by molar-refractivity contribution is 5.49. The van der Waals surface area contributed by atoms with Crippen molar-refractivity contribution in [3.63, 3.8) is 0 Å². The van der Waals surface area contributed by atoms with E-state index < -0.39 is 0 Å². The summed E-state index contributed by atoms with van der Waals surface area (Å²) in [6.45, 7) is 11.5. The first-order chi connectivity index (χ1) is 9.69. The molecule has 0 saturated heterocycles. The molecule has 0 spiro atoms. The SMILES string of the molecule is C=C/C=C1\C(=C/C)COc2ccccc2C1N.C=CC. The minimum atomic E-state index is -0.155. The Hall–Kier alpha value is -2.06. The predicted molar refractivity (Wildman–Crippen MR) is 86.8 cm³/mol. The van der Waals surface area contributed by atoms with Crippen LogP contribution in [0.25, 0.3) is 0 Å². The monoisotopic (exact) mass is 269 g/mol. The first kappa shape index (κ1) is 16.0. The molecule has 1 aromatic rings. The maximum absolute atomic E-state index is 6.31. The summed E-state index contributed by atoms with van der Waals surface area (Å²) in [4.78, 5) is 0. The van der Waals surface area contributed by atoms with Crippen molar-refractivity contribution in [1.29, 1.82) is 0 Å². The van der Waals surface area contributed by atoms with Crippen molar-refractivity contribution < 1.29 is 4.74 Å². The van der Waals surface area contributed by atoms with E-state index in [-0.39, 0.29) is 6.04 Å². The van der Waals surface area contributed by atoms with Crippen LogP contribution in [0.1, 0.15) is 25.5 Å². The van der Waals surface area contributed by atoms with Crippen LogP contribution in [0.15, 0.2) is 72.9 Å². The number of benzene rings is 1. The Bertz CT molecular complexity index is 526. The lowest BCUT2D eigenvalue weighted by Crippen LogP contribution is -2.13. The lowest BCUT2D eigenvalue weighted by Gasteiger charge is -2.14. The van der Waals surface area contributed by atoms with Crippen molar-refractivity contribution >= 4 is 0 Å². The molecule has 1 aromatic carbocycles. The number of hydrogen-bond acceptors (Lipinski definition) is 2. The van der Waals surface area contributed by atoms with Crippen LogP contribution < -0.4 is 10.5 Å². The molecule has 1 atom stereocenters. The second-order valence-corrected chi connectivity index (χ2v) is 4.38. The third-order valence-corrected chi connectivity index (χ3v) is 2.99. The van der Waals surface area contributed by atoms with Crippen LogP contribution in [-0.4, -0.2) is 6.61 Å². The Morgan fingerprint density at radius 2 is 1.90 bits per heavy atom. The minimum absolute atomic E-state index is 0.155. The second kappa shape index (κ2) is 8.18. The Kier molecular flexibility index (Phi) is 6.54. The van der Waals surface area contributed by atoms with Gasteiger partial charge in [-0.3, -0.25) is 0 Å². The van der Waals surface area contributed by atoms with Gasteiger partial charge in [0.15, 0.2) is 0 Å². The Labute approximate surface area is 122 Å². The minimum Gasteiger partial charge on any atom is -0.489 e. The fourth-order valence-electron chi connectivity index (χ4n) is 2.06. The van der Waals surface area contributed by atoms with E-state index in [2.05, 4.69) is 13.2 Å². The van der Waals surface area contributed by atoms with Crippen molar-refractivity contribution in [2.45, 2.75) is 19.9 Å². The largest absolute Gasteiger partial charge is 0.489 e. The Morgan fingerprint density at radius 1 is 1.25 bits per heavy atom. The molecular weight excluding hydrogens is 246 g/mol. The number of fused-ring (bicyclic) bond motifs is 1. The zero-order chi connectivity index (χ0) is 15.0. The van der Waals surface area contributed by atoms with E-state index in [9.17, 15) is 0 Å². The van der Waals surface area contributed by atoms with Crippen molar-refractivity contribution in [2.24, 2.45) is 5.73 Å². The van der Waals surface area contributed by atoms with Crippen molar-refractivity contribution in [3.8, 4) is 5.75 Å². The molecule has 0 aliphatic carbocycles. The summed E-state index contributed by atoms with van der Waals surface area (Å²) in [5, 5.41) is 0. The van der Waals surface area contributed by atoms with Gasteiger partial charge in [-0.05, 0) is 31.1 Å². The zero-order valence-corrected chi connectivity index (χ0v) is 12.3. The number of hydrogen-bond donors (Lipinski definition) is 1. The number of nitrogens with two attached hydrogens (primary N) is 1. The summed E-state index contributed by atoms with van der Waals surface area (Å²) in [5.74, 6) is 0.867. The topological polar surface area (TPSA) is 35.2 Å². The molecule has 0 saturated carbocycles. The fourth-order valence-corrected chi connectivity index (χ4v) is 2.06. The molecule has 2 heteroatoms. The molecule has 2 N–H and O–H groups in total. The van der Waals surface area contributed by atoms with E-state index >= 15 is 0 Å². The molecule has 0 radical (unpaired) electrons. The summed E-state index contributed by atoms with van der Waals surface area (Å²) in [7, 11) is 0. The molecule has 0 amide bonds. The van der Waals surface area contributed by atoms with Gasteiger partial charge in [-0.25, -0.2) is 0 Å². The molecule has 1 heterocycles. The lowest BCUT2D eigenvalue weighted by atomic mass is 9.94. The molecule has 0 fully saturated rings. The highest BCUT2D eigenvalue weighted by Crippen LogP contribution is 2.35. The Balaban J connectivity index is 0.000000612. The van der Waals surface area contributed by atoms with Crippen LogP contribution in [0.5, 0.6) is 5.75 Å².